The summed E-state index contributed by atoms with van der Waals surface area (Å²) in [4.78, 5) is 37.3. The molecule has 0 radical (unpaired) electrons. The molecule has 0 amide bonds. The maximum Gasteiger partial charge on any atom is 1.00 e. The van der Waals surface area contributed by atoms with E-state index in [1.807, 2.05) is 0 Å². The molecule has 0 unspecified atom stereocenters. The van der Waals surface area contributed by atoms with Crippen LogP contribution >= 0.6 is 65.3 Å². The van der Waals surface area contributed by atoms with Gasteiger partial charge < -0.3 is 33.0 Å². The third-order valence-electron chi connectivity index (χ3n) is 0.200. The van der Waals surface area contributed by atoms with Gasteiger partial charge in [-0.05, 0) is 0 Å². The first-order chi connectivity index (χ1) is 3.71. The number of hydrogen-bond acceptors (Lipinski definition) is 7. The van der Waals surface area contributed by atoms with Crippen LogP contribution in [0.2, 0.25) is 0 Å². The van der Waals surface area contributed by atoms with E-state index in [-0.39, 0.29) is 168 Å². The minimum atomic E-state index is -5.68. The Morgan fingerprint density at radius 3 is 0.706 bits per heavy atom. The third kappa shape index (κ3) is 61.9. The second-order valence-corrected chi connectivity index (χ2v) is 3.42. The summed E-state index contributed by atoms with van der Waals surface area (Å²) in [6.45, 7) is 0. The molecule has 0 bridgehead atoms. The number of rotatable bonds is 2. The van der Waals surface area contributed by atoms with Crippen molar-refractivity contribution in [2.45, 2.75) is 0 Å². The molecule has 0 saturated heterocycles. The van der Waals surface area contributed by atoms with Gasteiger partial charge in [-0.3, -0.25) is 0 Å². The molecule has 17 heteroatoms. The van der Waals surface area contributed by atoms with Crippen molar-refractivity contribution in [3.63, 3.8) is 0 Å². The van der Waals surface area contributed by atoms with Crippen LogP contribution in [0.15, 0.2) is 0 Å². The first-order valence-corrected chi connectivity index (χ1v) is 4.38. The Kier molecular flexibility index (Phi) is 88.4. The second-order valence-electron chi connectivity index (χ2n) is 0.976. The van der Waals surface area contributed by atoms with Crippen LogP contribution < -0.4 is 138 Å². The van der Waals surface area contributed by atoms with Gasteiger partial charge in [0.25, 0.3) is 0 Å². The van der Waals surface area contributed by atoms with E-state index in [1.165, 1.54) is 0 Å². The fourth-order valence-corrected chi connectivity index (χ4v) is 1.10. The monoisotopic (exact) mass is 410 g/mol. The van der Waals surface area contributed by atoms with Crippen LogP contribution in [-0.2, 0) is 13.4 Å². The molecule has 0 aliphatic carbocycles. The first kappa shape index (κ1) is 57.1. The van der Waals surface area contributed by atoms with Gasteiger partial charge in [0.05, 0.1) is 15.6 Å². The summed E-state index contributed by atoms with van der Waals surface area (Å²) in [5.74, 6) is 0. The molecule has 0 aliphatic heterocycles. The second kappa shape index (κ2) is 26.3. The van der Waals surface area contributed by atoms with Crippen LogP contribution in [0.4, 0.5) is 0 Å². The molecule has 0 heterocycles. The summed E-state index contributed by atoms with van der Waals surface area (Å²) in [6, 6.07) is 0. The van der Waals surface area contributed by atoms with Gasteiger partial charge in [-0.25, -0.2) is 0 Å². The van der Waals surface area contributed by atoms with E-state index >= 15 is 0 Å². The van der Waals surface area contributed by atoms with Crippen molar-refractivity contribution in [3.05, 3.63) is 0 Å². The Morgan fingerprint density at radius 2 is 0.706 bits per heavy atom. The minimum Gasteiger partial charge on any atom is -0.790 e. The normalized spacial score (nSPS) is 7.29. The number of hydrogen-bond donors (Lipinski definition) is 0. The van der Waals surface area contributed by atoms with Crippen LogP contribution in [0.25, 0.3) is 0 Å². The molecule has 0 spiro atoms. The van der Waals surface area contributed by atoms with Gasteiger partial charge in [0, 0.05) is 0 Å². The quantitative estimate of drug-likeness (QED) is 0.325. The van der Waals surface area contributed by atoms with Crippen molar-refractivity contribution in [1.82, 2.24) is 0 Å². The summed E-state index contributed by atoms with van der Waals surface area (Å²) in [5, 5.41) is 0. The van der Waals surface area contributed by atoms with Crippen molar-refractivity contribution < 1.29 is 151 Å². The average Bonchev–Trinajstić information content (AvgIpc) is 1.14. The van der Waals surface area contributed by atoms with E-state index in [2.05, 4.69) is 4.31 Å². The van der Waals surface area contributed by atoms with Gasteiger partial charge in [-0.15, -0.1) is 49.6 Å². The van der Waals surface area contributed by atoms with Crippen molar-refractivity contribution in [2.75, 3.05) is 0 Å². The van der Waals surface area contributed by atoms with E-state index < -0.39 is 15.6 Å². The van der Waals surface area contributed by atoms with E-state index in [0.717, 1.165) is 0 Å². The molecule has 0 aromatic heterocycles. The Morgan fingerprint density at radius 1 is 0.588 bits per heavy atom. The zero-order valence-electron chi connectivity index (χ0n) is 9.39. The van der Waals surface area contributed by atoms with E-state index in [1.54, 1.807) is 0 Å². The van der Waals surface area contributed by atoms with E-state index in [0.29, 0.717) is 0 Å². The van der Waals surface area contributed by atoms with E-state index in [9.17, 15) is 28.7 Å². The average molecular weight is 412 g/mol. The Balaban J connectivity index is -0.0000000114. The Bertz CT molecular complexity index is 172. The van der Waals surface area contributed by atoms with Crippen molar-refractivity contribution in [1.29, 1.82) is 0 Å². The molecule has 0 N–H and O–H groups in total. The van der Waals surface area contributed by atoms with Crippen molar-refractivity contribution in [2.24, 2.45) is 0 Å². The Labute approximate surface area is 212 Å². The predicted molar refractivity (Wildman–Crippen MR) is 45.3 cm³/mol. The minimum absolute atomic E-state index is 0. The smallest absolute Gasteiger partial charge is 0.790 e. The van der Waals surface area contributed by atoms with Gasteiger partial charge in [0.1, 0.15) is 0 Å². The molecule has 0 atom stereocenters. The van der Waals surface area contributed by atoms with Crippen molar-refractivity contribution >= 4 is 65.3 Å². The van der Waals surface area contributed by atoms with Crippen molar-refractivity contribution in [3.8, 4) is 0 Å². The number of phosphoric acid groups is 2. The molecule has 0 fully saturated rings. The van der Waals surface area contributed by atoms with Crippen LogP contribution in [0, 0.1) is 0 Å². The maximum atomic E-state index is 9.32. The molecular weight excluding hydrogens is 408 g/mol. The summed E-state index contributed by atoms with van der Waals surface area (Å²) in [5.41, 5.74) is 0. The summed E-state index contributed by atoms with van der Waals surface area (Å²) in [7, 11) is -11.4. The molecule has 0 aromatic rings. The molecule has 17 heavy (non-hydrogen) atoms. The predicted octanol–water partition coefficient (Wildman–Crippen LogP) is -13.6. The van der Waals surface area contributed by atoms with Gasteiger partial charge >= 0.3 is 118 Å². The molecule has 0 saturated carbocycles. The van der Waals surface area contributed by atoms with E-state index in [4.69, 9.17) is 0 Å². The molecule has 0 rings (SSSR count). The van der Waals surface area contributed by atoms with Crippen LogP contribution in [0.5, 0.6) is 0 Å². The van der Waals surface area contributed by atoms with Crippen LogP contribution in [0.3, 0.4) is 0 Å². The molecule has 0 aromatic carbocycles. The van der Waals surface area contributed by atoms with Gasteiger partial charge in [-0.1, -0.05) is 0 Å². The topological polar surface area (TPSA) is 136 Å². The summed E-state index contributed by atoms with van der Waals surface area (Å²) < 4.78 is 21.2. The fourth-order valence-electron chi connectivity index (χ4n) is 0.122. The largest absolute Gasteiger partial charge is 1.00 e. The first-order valence-electron chi connectivity index (χ1n) is 1.46. The van der Waals surface area contributed by atoms with Gasteiger partial charge in [-0.2, -0.15) is 0 Å². The zero-order chi connectivity index (χ0) is 7.71. The zero-order valence-corrected chi connectivity index (χ0v) is 22.4. The Hall–Kier alpha value is 5.42. The SMILES string of the molecule is Cl.Cl.Cl.Cl.O=P([O-])([O-])OP(=O)([O-])[O-].[Na+].[Na+].[Na+].[Na+]. The fraction of sp³-hybridized carbons (Fsp3) is 0. The summed E-state index contributed by atoms with van der Waals surface area (Å²) >= 11 is 0. The van der Waals surface area contributed by atoms with Crippen LogP contribution in [-0.4, -0.2) is 0 Å². The van der Waals surface area contributed by atoms with Gasteiger partial charge in [0.15, 0.2) is 0 Å². The van der Waals surface area contributed by atoms with Crippen LogP contribution in [0.1, 0.15) is 0 Å². The molecule has 7 nitrogen and oxygen atoms in total. The number of halogens is 4. The standard InChI is InChI=1S/4ClH.4Na.H4O7P2/c;;;;;;;;1-8(2,3)7-9(4,5)6/h4*1H;;;;;(H2,1,2,3)(H2,4,5,6)/q;;;;4*+1;/p-4. The maximum absolute atomic E-state index is 9.32. The summed E-state index contributed by atoms with van der Waals surface area (Å²) in [6.07, 6.45) is 0. The molecule has 88 valence electrons. The molecular formula is H4Cl4Na4O7P2. The molecule has 0 aliphatic rings. The third-order valence-corrected chi connectivity index (χ3v) is 1.80. The van der Waals surface area contributed by atoms with Gasteiger partial charge in [0.2, 0.25) is 0 Å².